The van der Waals surface area contributed by atoms with Crippen LogP contribution in [0.3, 0.4) is 0 Å². The second-order valence-corrected chi connectivity index (χ2v) is 11.0. The third-order valence-corrected chi connectivity index (χ3v) is 7.53. The van der Waals surface area contributed by atoms with Crippen molar-refractivity contribution in [1.29, 1.82) is 0 Å². The fourth-order valence-electron chi connectivity index (χ4n) is 4.69. The number of carbonyl (C=O) groups excluding carboxylic acids is 1. The number of benzene rings is 3. The molecule has 1 aliphatic carbocycles. The van der Waals surface area contributed by atoms with Crippen LogP contribution in [-0.2, 0) is 16.1 Å². The number of carboxylic acid groups (broad SMARTS) is 1. The molecule has 222 valence electrons. The van der Waals surface area contributed by atoms with Gasteiger partial charge in [0.15, 0.2) is 5.75 Å². The lowest BCUT2D eigenvalue weighted by atomic mass is 9.93. The molecule has 2 aliphatic rings. The molecule has 0 bridgehead atoms. The molecule has 1 fully saturated rings. The molecule has 5 rings (SSSR count). The summed E-state index contributed by atoms with van der Waals surface area (Å²) in [6, 6.07) is 18.0. The van der Waals surface area contributed by atoms with E-state index >= 15 is 0 Å². The number of amides is 1. The van der Waals surface area contributed by atoms with E-state index in [-0.39, 0.29) is 47.4 Å². The van der Waals surface area contributed by atoms with Gasteiger partial charge in [-0.3, -0.25) is 9.59 Å². The van der Waals surface area contributed by atoms with Crippen LogP contribution in [0.2, 0.25) is 15.1 Å². The number of nitrogens with zero attached hydrogens (tertiary/aromatic N) is 1. The second-order valence-electron chi connectivity index (χ2n) is 9.70. The molecular weight excluding hydrogens is 606 g/mol. The Labute approximate surface area is 258 Å². The first kappa shape index (κ1) is 31.6. The van der Waals surface area contributed by atoms with Gasteiger partial charge >= 0.3 is 0 Å². The van der Waals surface area contributed by atoms with E-state index in [0.29, 0.717) is 23.9 Å². The molecule has 7 nitrogen and oxygen atoms in total. The van der Waals surface area contributed by atoms with Crippen LogP contribution in [0.15, 0.2) is 66.2 Å². The molecule has 1 aliphatic heterocycles. The summed E-state index contributed by atoms with van der Waals surface area (Å²) in [5.41, 5.74) is 3.91. The molecule has 42 heavy (non-hydrogen) atoms. The molecule has 0 aromatic heterocycles. The number of halogens is 4. The molecule has 3 aromatic carbocycles. The normalized spacial score (nSPS) is 14.5. The summed E-state index contributed by atoms with van der Waals surface area (Å²) in [6.07, 6.45) is 2.82. The Morgan fingerprint density at radius 2 is 1.69 bits per heavy atom. The Balaban J connectivity index is 0.00000129. The zero-order valence-corrected chi connectivity index (χ0v) is 24.9. The van der Waals surface area contributed by atoms with Gasteiger partial charge in [0, 0.05) is 29.7 Å². The van der Waals surface area contributed by atoms with Crippen molar-refractivity contribution in [2.45, 2.75) is 31.8 Å². The van der Waals surface area contributed by atoms with E-state index in [1.807, 2.05) is 53.4 Å². The number of hydrogen-bond donors (Lipinski definition) is 2. The SMILES string of the molecule is O=C(C1=C(c2ccc(OCCOc3c(Cl)cc(F)cc3Cl)cc2)CCNC1)N(Cc1cccc(Cl)c1)C1CC1.O=CO. The lowest BCUT2D eigenvalue weighted by Crippen LogP contribution is -2.39. The maximum Gasteiger partial charge on any atom is 0.290 e. The maximum absolute atomic E-state index is 13.8. The maximum atomic E-state index is 13.8. The fourth-order valence-corrected chi connectivity index (χ4v) is 5.47. The van der Waals surface area contributed by atoms with Crippen LogP contribution in [-0.4, -0.2) is 54.7 Å². The van der Waals surface area contributed by atoms with Crippen LogP contribution in [0.1, 0.15) is 30.4 Å². The first-order chi connectivity index (χ1) is 20.3. The highest BCUT2D eigenvalue weighted by atomic mass is 35.5. The van der Waals surface area contributed by atoms with Gasteiger partial charge in [0.2, 0.25) is 0 Å². The highest BCUT2D eigenvalue weighted by Gasteiger charge is 2.35. The minimum Gasteiger partial charge on any atom is -0.490 e. The highest BCUT2D eigenvalue weighted by molar-refractivity contribution is 6.37. The van der Waals surface area contributed by atoms with Gasteiger partial charge in [-0.1, -0.05) is 59.1 Å². The summed E-state index contributed by atoms with van der Waals surface area (Å²) in [7, 11) is 0. The first-order valence-electron chi connectivity index (χ1n) is 13.4. The predicted molar refractivity (Wildman–Crippen MR) is 162 cm³/mol. The van der Waals surface area contributed by atoms with Crippen LogP contribution in [0.5, 0.6) is 11.5 Å². The topological polar surface area (TPSA) is 88.1 Å². The van der Waals surface area contributed by atoms with Crippen LogP contribution in [0, 0.1) is 5.82 Å². The summed E-state index contributed by atoms with van der Waals surface area (Å²) in [5.74, 6) is 0.449. The van der Waals surface area contributed by atoms with E-state index in [1.165, 1.54) is 0 Å². The van der Waals surface area contributed by atoms with Crippen molar-refractivity contribution in [2.24, 2.45) is 0 Å². The number of hydrogen-bond acceptors (Lipinski definition) is 5. The quantitative estimate of drug-likeness (QED) is 0.187. The van der Waals surface area contributed by atoms with Crippen molar-refractivity contribution in [3.8, 4) is 11.5 Å². The Morgan fingerprint density at radius 3 is 2.33 bits per heavy atom. The zero-order chi connectivity index (χ0) is 30.1. The van der Waals surface area contributed by atoms with Crippen molar-refractivity contribution in [2.75, 3.05) is 26.3 Å². The highest BCUT2D eigenvalue weighted by Crippen LogP contribution is 2.35. The van der Waals surface area contributed by atoms with Crippen LogP contribution < -0.4 is 14.8 Å². The Bertz CT molecular complexity index is 1410. The number of rotatable bonds is 10. The molecular formula is C31H30Cl3FN2O5. The van der Waals surface area contributed by atoms with Gasteiger partial charge in [-0.05, 0) is 78.9 Å². The monoisotopic (exact) mass is 634 g/mol. The van der Waals surface area contributed by atoms with Crippen LogP contribution in [0.25, 0.3) is 5.57 Å². The molecule has 2 N–H and O–H groups in total. The number of carbonyl (C=O) groups is 2. The zero-order valence-electron chi connectivity index (χ0n) is 22.6. The van der Waals surface area contributed by atoms with Gasteiger partial charge in [0.1, 0.15) is 24.8 Å². The van der Waals surface area contributed by atoms with E-state index in [0.717, 1.165) is 60.2 Å². The molecule has 1 amide bonds. The Kier molecular flexibility index (Phi) is 11.5. The minimum atomic E-state index is -0.524. The van der Waals surface area contributed by atoms with Gasteiger partial charge in [-0.25, -0.2) is 4.39 Å². The molecule has 0 radical (unpaired) electrons. The summed E-state index contributed by atoms with van der Waals surface area (Å²) < 4.78 is 24.7. The lowest BCUT2D eigenvalue weighted by Gasteiger charge is -2.28. The largest absolute Gasteiger partial charge is 0.490 e. The smallest absolute Gasteiger partial charge is 0.290 e. The van der Waals surface area contributed by atoms with Crippen molar-refractivity contribution >= 4 is 52.8 Å². The van der Waals surface area contributed by atoms with Crippen molar-refractivity contribution in [3.63, 3.8) is 0 Å². The third kappa shape index (κ3) is 8.61. The van der Waals surface area contributed by atoms with Gasteiger partial charge in [0.05, 0.1) is 10.0 Å². The van der Waals surface area contributed by atoms with Crippen molar-refractivity contribution in [1.82, 2.24) is 10.2 Å². The Morgan fingerprint density at radius 1 is 1.02 bits per heavy atom. The first-order valence-corrected chi connectivity index (χ1v) is 14.5. The minimum absolute atomic E-state index is 0.0789. The molecule has 1 saturated carbocycles. The van der Waals surface area contributed by atoms with Gasteiger partial charge < -0.3 is 24.8 Å². The van der Waals surface area contributed by atoms with Crippen LogP contribution >= 0.6 is 34.8 Å². The summed E-state index contributed by atoms with van der Waals surface area (Å²) in [6.45, 7) is 2.08. The molecule has 3 aromatic rings. The van der Waals surface area contributed by atoms with Crippen LogP contribution in [0.4, 0.5) is 4.39 Å². The van der Waals surface area contributed by atoms with Gasteiger partial charge in [-0.15, -0.1) is 0 Å². The predicted octanol–water partition coefficient (Wildman–Crippen LogP) is 6.88. The second kappa shape index (κ2) is 15.3. The van der Waals surface area contributed by atoms with Gasteiger partial charge in [-0.2, -0.15) is 0 Å². The third-order valence-electron chi connectivity index (χ3n) is 6.73. The van der Waals surface area contributed by atoms with E-state index in [2.05, 4.69) is 5.32 Å². The van der Waals surface area contributed by atoms with E-state index in [9.17, 15) is 9.18 Å². The summed E-state index contributed by atoms with van der Waals surface area (Å²) in [5, 5.41) is 11.1. The van der Waals surface area contributed by atoms with E-state index in [4.69, 9.17) is 54.2 Å². The summed E-state index contributed by atoms with van der Waals surface area (Å²) >= 11 is 18.2. The van der Waals surface area contributed by atoms with E-state index < -0.39 is 5.82 Å². The molecule has 0 saturated heterocycles. The molecule has 0 atom stereocenters. The average molecular weight is 636 g/mol. The van der Waals surface area contributed by atoms with E-state index in [1.54, 1.807) is 0 Å². The number of nitrogens with one attached hydrogen (secondary N) is 1. The molecule has 0 spiro atoms. The van der Waals surface area contributed by atoms with Gasteiger partial charge in [0.25, 0.3) is 12.4 Å². The molecule has 0 unspecified atom stereocenters. The average Bonchev–Trinajstić information content (AvgIpc) is 3.81. The fraction of sp³-hybridized carbons (Fsp3) is 0.290. The summed E-state index contributed by atoms with van der Waals surface area (Å²) in [4.78, 5) is 24.1. The Hall–Kier alpha value is -3.30. The molecule has 11 heteroatoms. The lowest BCUT2D eigenvalue weighted by molar-refractivity contribution is -0.128. The number of ether oxygens (including phenoxy) is 2. The van der Waals surface area contributed by atoms with Crippen molar-refractivity contribution in [3.05, 3.63) is 98.2 Å². The van der Waals surface area contributed by atoms with Crippen molar-refractivity contribution < 1.29 is 28.6 Å². The molecule has 1 heterocycles. The standard InChI is InChI=1S/C30H28Cl3FN2O3.CH2O2/c31-21-3-1-2-19(14-21)18-36(23-6-7-23)30(37)26-17-35-11-10-25(26)20-4-8-24(9-5-20)38-12-13-39-29-27(32)15-22(34)16-28(29)33;2-1-3/h1-5,8-9,14-16,23,35H,6-7,10-13,17-18H2;1H,(H,2,3).